The van der Waals surface area contributed by atoms with Crippen molar-refractivity contribution < 1.29 is 0 Å². The van der Waals surface area contributed by atoms with Crippen LogP contribution >= 0.6 is 0 Å². The molecule has 0 atom stereocenters. The summed E-state index contributed by atoms with van der Waals surface area (Å²) in [6.45, 7) is 4.19. The molecule has 0 aliphatic carbocycles. The third-order valence-corrected chi connectivity index (χ3v) is 2.56. The van der Waals surface area contributed by atoms with Crippen LogP contribution in [0.4, 0.5) is 0 Å². The van der Waals surface area contributed by atoms with E-state index in [2.05, 4.69) is 10.2 Å². The first-order valence-corrected chi connectivity index (χ1v) is 4.87. The zero-order valence-electron chi connectivity index (χ0n) is 8.84. The fourth-order valence-electron chi connectivity index (χ4n) is 1.68. The van der Waals surface area contributed by atoms with E-state index in [1.54, 1.807) is 6.33 Å². The van der Waals surface area contributed by atoms with E-state index in [0.29, 0.717) is 0 Å². The number of aromatic nitrogens is 2. The van der Waals surface area contributed by atoms with E-state index in [-0.39, 0.29) is 12.1 Å². The first-order valence-electron chi connectivity index (χ1n) is 4.87. The lowest BCUT2D eigenvalue weighted by molar-refractivity contribution is 0.377. The van der Waals surface area contributed by atoms with E-state index in [1.165, 1.54) is 0 Å². The third-order valence-electron chi connectivity index (χ3n) is 2.56. The summed E-state index contributed by atoms with van der Waals surface area (Å²) in [5.41, 5.74) is 1.65. The van der Waals surface area contributed by atoms with Gasteiger partial charge in [0.1, 0.15) is 6.54 Å². The molecule has 78 valence electrons. The standard InChI is InChI=1S/C11H13N3O/c1-11(2,7-13-15)14-8-12-9-5-3-4-6-10(9)14/h3-6,8H,7H2,1-2H3. The molecular formula is C11H13N3O. The largest absolute Gasteiger partial charge is 0.323 e. The Morgan fingerprint density at radius 1 is 1.40 bits per heavy atom. The lowest BCUT2D eigenvalue weighted by Crippen LogP contribution is -2.28. The highest BCUT2D eigenvalue weighted by Crippen LogP contribution is 2.22. The van der Waals surface area contributed by atoms with Gasteiger partial charge in [-0.3, -0.25) is 0 Å². The Balaban J connectivity index is 2.56. The second kappa shape index (κ2) is 3.46. The van der Waals surface area contributed by atoms with Crippen molar-refractivity contribution >= 4 is 11.0 Å². The highest BCUT2D eigenvalue weighted by Gasteiger charge is 2.22. The van der Waals surface area contributed by atoms with Crippen LogP contribution in [0.1, 0.15) is 13.8 Å². The molecule has 0 N–H and O–H groups in total. The second-order valence-corrected chi connectivity index (χ2v) is 4.20. The highest BCUT2D eigenvalue weighted by molar-refractivity contribution is 5.75. The van der Waals surface area contributed by atoms with Crippen LogP contribution < -0.4 is 0 Å². The zero-order chi connectivity index (χ0) is 10.9. The topological polar surface area (TPSA) is 47.2 Å². The van der Waals surface area contributed by atoms with Crippen molar-refractivity contribution in [3.8, 4) is 0 Å². The summed E-state index contributed by atoms with van der Waals surface area (Å²) in [4.78, 5) is 14.7. The molecule has 0 aliphatic heterocycles. The minimum atomic E-state index is -0.322. The quantitative estimate of drug-likeness (QED) is 0.719. The fraction of sp³-hybridized carbons (Fsp3) is 0.364. The summed E-state index contributed by atoms with van der Waals surface area (Å²) in [6, 6.07) is 7.86. The predicted molar refractivity (Wildman–Crippen MR) is 59.7 cm³/mol. The number of para-hydroxylation sites is 2. The summed E-state index contributed by atoms with van der Waals surface area (Å²) in [5.74, 6) is 0. The number of imidazole rings is 1. The molecule has 0 amide bonds. The lowest BCUT2D eigenvalue weighted by atomic mass is 10.1. The van der Waals surface area contributed by atoms with Gasteiger partial charge < -0.3 is 4.57 Å². The van der Waals surface area contributed by atoms with Gasteiger partial charge in [0.05, 0.1) is 22.9 Å². The first-order chi connectivity index (χ1) is 7.15. The Morgan fingerprint density at radius 3 is 2.87 bits per heavy atom. The molecule has 0 radical (unpaired) electrons. The van der Waals surface area contributed by atoms with Gasteiger partial charge in [0.25, 0.3) is 0 Å². The van der Waals surface area contributed by atoms with Gasteiger partial charge in [-0.25, -0.2) is 4.98 Å². The van der Waals surface area contributed by atoms with Crippen LogP contribution in [0.3, 0.4) is 0 Å². The minimum absolute atomic E-state index is 0.243. The second-order valence-electron chi connectivity index (χ2n) is 4.20. The zero-order valence-corrected chi connectivity index (χ0v) is 8.84. The van der Waals surface area contributed by atoms with Crippen molar-refractivity contribution in [3.05, 3.63) is 35.5 Å². The van der Waals surface area contributed by atoms with E-state index < -0.39 is 0 Å². The van der Waals surface area contributed by atoms with Crippen molar-refractivity contribution in [3.63, 3.8) is 0 Å². The SMILES string of the molecule is CC(C)(CN=O)n1cnc2ccccc21. The molecule has 0 saturated carbocycles. The maximum Gasteiger partial charge on any atom is 0.104 e. The summed E-state index contributed by atoms with van der Waals surface area (Å²) >= 11 is 0. The number of hydrogen-bond acceptors (Lipinski definition) is 3. The number of nitroso groups, excluding NO2 is 1. The van der Waals surface area contributed by atoms with Gasteiger partial charge in [-0.15, -0.1) is 0 Å². The molecule has 0 fully saturated rings. The van der Waals surface area contributed by atoms with E-state index in [4.69, 9.17) is 0 Å². The van der Waals surface area contributed by atoms with Crippen LogP contribution in [0.25, 0.3) is 11.0 Å². The molecule has 0 saturated heterocycles. The molecule has 1 aromatic carbocycles. The summed E-state index contributed by atoms with van der Waals surface area (Å²) in [5, 5.41) is 2.97. The number of nitrogens with zero attached hydrogens (tertiary/aromatic N) is 3. The summed E-state index contributed by atoms with van der Waals surface area (Å²) in [7, 11) is 0. The highest BCUT2D eigenvalue weighted by atomic mass is 16.3. The molecule has 2 rings (SSSR count). The van der Waals surface area contributed by atoms with Crippen LogP contribution in [-0.2, 0) is 5.54 Å². The van der Waals surface area contributed by atoms with Crippen LogP contribution in [0.15, 0.2) is 35.8 Å². The maximum atomic E-state index is 10.4. The average Bonchev–Trinajstić information content (AvgIpc) is 2.61. The summed E-state index contributed by atoms with van der Waals surface area (Å²) in [6.07, 6.45) is 1.76. The first kappa shape index (κ1) is 9.83. The Morgan fingerprint density at radius 2 is 2.13 bits per heavy atom. The van der Waals surface area contributed by atoms with Crippen LogP contribution in [0, 0.1) is 4.91 Å². The van der Waals surface area contributed by atoms with Crippen LogP contribution in [-0.4, -0.2) is 16.1 Å². The van der Waals surface area contributed by atoms with Gasteiger partial charge in [0.2, 0.25) is 0 Å². The molecular weight excluding hydrogens is 190 g/mol. The molecule has 0 aliphatic rings. The van der Waals surface area contributed by atoms with E-state index in [1.807, 2.05) is 42.7 Å². The van der Waals surface area contributed by atoms with E-state index in [9.17, 15) is 4.91 Å². The maximum absolute atomic E-state index is 10.4. The third kappa shape index (κ3) is 1.63. The van der Waals surface area contributed by atoms with Gasteiger partial charge >= 0.3 is 0 Å². The van der Waals surface area contributed by atoms with E-state index in [0.717, 1.165) is 11.0 Å². The van der Waals surface area contributed by atoms with Crippen molar-refractivity contribution in [2.75, 3.05) is 6.54 Å². The molecule has 1 aromatic heterocycles. The normalized spacial score (nSPS) is 11.9. The van der Waals surface area contributed by atoms with Gasteiger partial charge in [-0.1, -0.05) is 17.3 Å². The number of benzene rings is 1. The Kier molecular flexibility index (Phi) is 2.26. The van der Waals surface area contributed by atoms with E-state index >= 15 is 0 Å². The Labute approximate surface area is 87.9 Å². The molecule has 1 heterocycles. The average molecular weight is 203 g/mol. The predicted octanol–water partition coefficient (Wildman–Crippen LogP) is 2.54. The van der Waals surface area contributed by atoms with Gasteiger partial charge in [0.15, 0.2) is 0 Å². The summed E-state index contributed by atoms with van der Waals surface area (Å²) < 4.78 is 1.99. The monoisotopic (exact) mass is 203 g/mol. The molecule has 4 heteroatoms. The van der Waals surface area contributed by atoms with Crippen molar-refractivity contribution in [1.29, 1.82) is 0 Å². The van der Waals surface area contributed by atoms with Crippen molar-refractivity contribution in [1.82, 2.24) is 9.55 Å². The Hall–Kier alpha value is -1.71. The smallest absolute Gasteiger partial charge is 0.104 e. The molecule has 0 spiro atoms. The molecule has 0 bridgehead atoms. The molecule has 0 unspecified atom stereocenters. The number of hydrogen-bond donors (Lipinski definition) is 0. The lowest BCUT2D eigenvalue weighted by Gasteiger charge is -2.23. The van der Waals surface area contributed by atoms with Gasteiger partial charge in [-0.2, -0.15) is 4.91 Å². The van der Waals surface area contributed by atoms with Crippen molar-refractivity contribution in [2.24, 2.45) is 5.18 Å². The molecule has 4 nitrogen and oxygen atoms in total. The molecule has 15 heavy (non-hydrogen) atoms. The Bertz CT molecular complexity index is 487. The van der Waals surface area contributed by atoms with Crippen molar-refractivity contribution in [2.45, 2.75) is 19.4 Å². The number of rotatable bonds is 3. The minimum Gasteiger partial charge on any atom is -0.323 e. The number of fused-ring (bicyclic) bond motifs is 1. The van der Waals surface area contributed by atoms with Gasteiger partial charge in [0, 0.05) is 0 Å². The van der Waals surface area contributed by atoms with Gasteiger partial charge in [-0.05, 0) is 26.0 Å². The molecule has 2 aromatic rings. The fourth-order valence-corrected chi connectivity index (χ4v) is 1.68. The van der Waals surface area contributed by atoms with Crippen LogP contribution in [0.5, 0.6) is 0 Å². The van der Waals surface area contributed by atoms with Crippen LogP contribution in [0.2, 0.25) is 0 Å².